The van der Waals surface area contributed by atoms with Gasteiger partial charge in [0.05, 0.1) is 25.3 Å². The minimum Gasteiger partial charge on any atom is -0.481 e. The van der Waals surface area contributed by atoms with Crippen LogP contribution < -0.4 is 48.3 Å². The van der Waals surface area contributed by atoms with Crippen LogP contribution >= 0.6 is 0 Å². The van der Waals surface area contributed by atoms with E-state index < -0.39 is 146 Å². The Hall–Kier alpha value is -6.20. The van der Waals surface area contributed by atoms with Crippen molar-refractivity contribution in [3.05, 3.63) is 35.9 Å². The van der Waals surface area contributed by atoms with E-state index in [1.54, 1.807) is 58.0 Å². The molecule has 0 radical (unpaired) electrons. The van der Waals surface area contributed by atoms with Gasteiger partial charge in [-0.25, -0.2) is 4.79 Å². The molecule has 0 saturated heterocycles. The van der Waals surface area contributed by atoms with Crippen LogP contribution in [-0.2, 0) is 54.4 Å². The number of amides is 8. The molecule has 0 fully saturated rings. The van der Waals surface area contributed by atoms with Crippen molar-refractivity contribution >= 4 is 59.2 Å². The van der Waals surface area contributed by atoms with Crippen LogP contribution in [0.3, 0.4) is 0 Å². The Morgan fingerprint density at radius 1 is 0.625 bits per heavy atom. The number of aliphatic hydroxyl groups is 2. The first-order valence-corrected chi connectivity index (χ1v) is 20.8. The standard InChI is InChI=1S/C41H65N9O14/c1-8-21(4)32(39(61)43-18-30(53)45-26(41(63)64)14-15-31(54)55)49-36(58)27(16-20(2)3)47-40(62)33(24(7)52)50-37(59)28(17-25-12-10-9-11-13-25)46-38(60)29(19-51)48-35(57)23(6)44-34(56)22(5)42/h9-13,20-24,26-29,32-33,51-52H,8,14-19,42H2,1-7H3,(H,43,61)(H,44,56)(H,45,53)(H,46,60)(H,47,62)(H,48,57)(H,49,58)(H,50,59)(H,54,55)(H,63,64)/t21-,22-,23-,24+,26-,27-,28-,29-,32-,33-/m0/s1. The Labute approximate surface area is 371 Å². The van der Waals surface area contributed by atoms with Crippen molar-refractivity contribution in [3.8, 4) is 0 Å². The molecule has 1 aromatic rings. The van der Waals surface area contributed by atoms with Crippen molar-refractivity contribution in [3.63, 3.8) is 0 Å². The maximum atomic E-state index is 13.9. The fourth-order valence-corrected chi connectivity index (χ4v) is 5.86. The topological polar surface area (TPSA) is 374 Å². The minimum absolute atomic E-state index is 0.0106. The van der Waals surface area contributed by atoms with Gasteiger partial charge in [0.25, 0.3) is 0 Å². The lowest BCUT2D eigenvalue weighted by Gasteiger charge is -2.29. The monoisotopic (exact) mass is 907 g/mol. The second kappa shape index (κ2) is 27.8. The third-order valence-electron chi connectivity index (χ3n) is 9.80. The van der Waals surface area contributed by atoms with Crippen molar-refractivity contribution in [1.82, 2.24) is 42.5 Å². The Bertz CT molecular complexity index is 1780. The van der Waals surface area contributed by atoms with Gasteiger partial charge in [-0.2, -0.15) is 0 Å². The van der Waals surface area contributed by atoms with E-state index in [-0.39, 0.29) is 18.8 Å². The first-order chi connectivity index (χ1) is 29.9. The number of nitrogens with two attached hydrogens (primary N) is 1. The van der Waals surface area contributed by atoms with E-state index >= 15 is 0 Å². The molecule has 0 heterocycles. The second-order valence-corrected chi connectivity index (χ2v) is 15.9. The van der Waals surface area contributed by atoms with Crippen molar-refractivity contribution < 1.29 is 68.4 Å². The SMILES string of the molecule is CC[C@H](C)[C@H](NC(=O)[C@H](CC(C)C)NC(=O)[C@@H](NC(=O)[C@H](Cc1ccccc1)NC(=O)[C@H](CO)NC(=O)[C@H](C)NC(=O)[C@H](C)N)[C@@H](C)O)C(=O)NCC(=O)N[C@@H](CCC(=O)O)C(=O)O. The van der Waals surface area contributed by atoms with Gasteiger partial charge in [0.15, 0.2) is 0 Å². The van der Waals surface area contributed by atoms with Crippen LogP contribution in [0.5, 0.6) is 0 Å². The van der Waals surface area contributed by atoms with E-state index in [4.69, 9.17) is 10.8 Å². The van der Waals surface area contributed by atoms with Crippen LogP contribution in [0.1, 0.15) is 79.7 Å². The van der Waals surface area contributed by atoms with Crippen LogP contribution in [-0.4, -0.2) is 147 Å². The molecule has 64 heavy (non-hydrogen) atoms. The van der Waals surface area contributed by atoms with Crippen molar-refractivity contribution in [2.75, 3.05) is 13.2 Å². The number of carbonyl (C=O) groups is 10. The van der Waals surface area contributed by atoms with E-state index in [9.17, 15) is 63.3 Å². The number of carboxylic acid groups (broad SMARTS) is 2. The molecule has 0 spiro atoms. The second-order valence-electron chi connectivity index (χ2n) is 15.9. The highest BCUT2D eigenvalue weighted by atomic mass is 16.4. The highest BCUT2D eigenvalue weighted by Crippen LogP contribution is 2.12. The largest absolute Gasteiger partial charge is 0.481 e. The summed E-state index contributed by atoms with van der Waals surface area (Å²) in [6.45, 7) is 9.14. The molecule has 0 aliphatic carbocycles. The lowest BCUT2D eigenvalue weighted by Crippen LogP contribution is -2.62. The molecular weight excluding hydrogens is 842 g/mol. The van der Waals surface area contributed by atoms with Crippen LogP contribution in [0.2, 0.25) is 0 Å². The lowest BCUT2D eigenvalue weighted by molar-refractivity contribution is -0.143. The first-order valence-electron chi connectivity index (χ1n) is 20.8. The Morgan fingerprint density at radius 3 is 1.69 bits per heavy atom. The molecule has 23 nitrogen and oxygen atoms in total. The highest BCUT2D eigenvalue weighted by molar-refractivity contribution is 5.98. The maximum absolute atomic E-state index is 13.9. The van der Waals surface area contributed by atoms with Crippen molar-refractivity contribution in [2.45, 2.75) is 135 Å². The summed E-state index contributed by atoms with van der Waals surface area (Å²) in [6.07, 6.45) is -2.32. The Balaban J connectivity index is 3.27. The number of rotatable bonds is 28. The molecule has 0 bridgehead atoms. The molecule has 0 aromatic heterocycles. The first kappa shape index (κ1) is 55.8. The predicted octanol–water partition coefficient (Wildman–Crippen LogP) is -3.48. The van der Waals surface area contributed by atoms with Gasteiger partial charge >= 0.3 is 11.9 Å². The molecule has 14 N–H and O–H groups in total. The van der Waals surface area contributed by atoms with E-state index in [2.05, 4.69) is 42.5 Å². The van der Waals surface area contributed by atoms with Gasteiger partial charge in [-0.05, 0) is 51.0 Å². The van der Waals surface area contributed by atoms with Gasteiger partial charge in [0, 0.05) is 12.8 Å². The predicted molar refractivity (Wildman–Crippen MR) is 228 cm³/mol. The molecule has 8 amide bonds. The summed E-state index contributed by atoms with van der Waals surface area (Å²) < 4.78 is 0. The van der Waals surface area contributed by atoms with E-state index in [0.717, 1.165) is 0 Å². The molecule has 10 atom stereocenters. The zero-order valence-corrected chi connectivity index (χ0v) is 37.1. The van der Waals surface area contributed by atoms with Crippen molar-refractivity contribution in [1.29, 1.82) is 0 Å². The number of benzene rings is 1. The van der Waals surface area contributed by atoms with E-state index in [1.807, 2.05) is 0 Å². The van der Waals surface area contributed by atoms with E-state index in [1.165, 1.54) is 20.8 Å². The molecule has 0 unspecified atom stereocenters. The maximum Gasteiger partial charge on any atom is 0.326 e. The molecule has 23 heteroatoms. The minimum atomic E-state index is -1.72. The van der Waals surface area contributed by atoms with Crippen LogP contribution in [0.25, 0.3) is 0 Å². The van der Waals surface area contributed by atoms with Gasteiger partial charge in [-0.3, -0.25) is 43.2 Å². The summed E-state index contributed by atoms with van der Waals surface area (Å²) in [5.41, 5.74) is 6.08. The third kappa shape index (κ3) is 19.9. The average molecular weight is 908 g/mol. The average Bonchev–Trinajstić information content (AvgIpc) is 3.22. The number of carboxylic acids is 2. The van der Waals surface area contributed by atoms with Crippen molar-refractivity contribution in [2.24, 2.45) is 17.6 Å². The summed E-state index contributed by atoms with van der Waals surface area (Å²) in [4.78, 5) is 128. The Morgan fingerprint density at radius 2 is 1.17 bits per heavy atom. The number of hydrogen-bond donors (Lipinski definition) is 13. The summed E-state index contributed by atoms with van der Waals surface area (Å²) in [5, 5.41) is 58.0. The summed E-state index contributed by atoms with van der Waals surface area (Å²) in [7, 11) is 0. The van der Waals surface area contributed by atoms with Gasteiger partial charge in [-0.1, -0.05) is 64.4 Å². The molecule has 1 rings (SSSR count). The number of nitrogens with one attached hydrogen (secondary N) is 8. The highest BCUT2D eigenvalue weighted by Gasteiger charge is 2.36. The molecule has 1 aromatic carbocycles. The smallest absolute Gasteiger partial charge is 0.326 e. The van der Waals surface area contributed by atoms with Crippen LogP contribution in [0, 0.1) is 11.8 Å². The zero-order valence-electron chi connectivity index (χ0n) is 37.1. The Kier molecular flexibility index (Phi) is 24.2. The number of aliphatic carboxylic acids is 2. The van der Waals surface area contributed by atoms with Gasteiger partial charge < -0.3 is 68.7 Å². The molecule has 358 valence electrons. The number of aliphatic hydroxyl groups excluding tert-OH is 2. The van der Waals surface area contributed by atoms with Gasteiger partial charge in [0.2, 0.25) is 47.3 Å². The molecule has 0 saturated carbocycles. The number of hydrogen-bond acceptors (Lipinski definition) is 13. The quantitative estimate of drug-likeness (QED) is 0.0388. The fourth-order valence-electron chi connectivity index (χ4n) is 5.86. The normalized spacial score (nSPS) is 15.7. The fraction of sp³-hybridized carbons (Fsp3) is 0.610. The van der Waals surface area contributed by atoms with Gasteiger partial charge in [0.1, 0.15) is 42.3 Å². The van der Waals surface area contributed by atoms with Crippen LogP contribution in [0.4, 0.5) is 0 Å². The molecule has 0 aliphatic rings. The summed E-state index contributed by atoms with van der Waals surface area (Å²) in [5.74, 6) is -10.6. The van der Waals surface area contributed by atoms with Crippen LogP contribution in [0.15, 0.2) is 30.3 Å². The molecular formula is C41H65N9O14. The summed E-state index contributed by atoms with van der Waals surface area (Å²) in [6, 6.07) is -2.67. The number of carbonyl (C=O) groups excluding carboxylic acids is 8. The lowest BCUT2D eigenvalue weighted by atomic mass is 9.96. The van der Waals surface area contributed by atoms with Gasteiger partial charge in [-0.15, -0.1) is 0 Å². The summed E-state index contributed by atoms with van der Waals surface area (Å²) >= 11 is 0. The van der Waals surface area contributed by atoms with E-state index in [0.29, 0.717) is 12.0 Å². The molecule has 0 aliphatic heterocycles. The third-order valence-corrected chi connectivity index (χ3v) is 9.80. The zero-order chi connectivity index (χ0) is 48.8.